The summed E-state index contributed by atoms with van der Waals surface area (Å²) in [5, 5.41) is 117. The summed E-state index contributed by atoms with van der Waals surface area (Å²) in [5.74, 6) is -1.62. The van der Waals surface area contributed by atoms with Gasteiger partial charge in [0.1, 0.15) is 67.6 Å². The minimum atomic E-state index is -1.81. The van der Waals surface area contributed by atoms with Gasteiger partial charge in [0, 0.05) is 39.1 Å². The SMILES string of the molecule is COC1CC(C=CC(=O)OC[C@H]2O[C@@H](OC[C@H]3O[C@@H](OC4CC5C(O)CC(O)CC5[OH+]C4C4CCC(O)C(O)C4)[C@H](O)[C@@H](O)[C@H]3O)[C@H](O)[C@@H](O)[C@@H]2O)CC(OC)C1O. The monoisotopic (exact) mass is 839 g/mol. The van der Waals surface area contributed by atoms with Gasteiger partial charge in [-0.15, -0.1) is 0 Å². The summed E-state index contributed by atoms with van der Waals surface area (Å²) < 4.78 is 44.5. The first-order valence-corrected chi connectivity index (χ1v) is 20.3. The van der Waals surface area contributed by atoms with E-state index in [1.54, 1.807) is 6.08 Å². The number of carbonyl (C=O) groups excluding carboxylic acids is 1. The minimum absolute atomic E-state index is 0.147. The molecule has 6 rings (SSSR count). The maximum absolute atomic E-state index is 12.6. The van der Waals surface area contributed by atoms with Crippen molar-refractivity contribution in [2.45, 2.75) is 174 Å². The smallest absolute Gasteiger partial charge is 0.330 e. The lowest BCUT2D eigenvalue weighted by atomic mass is 9.72. The summed E-state index contributed by atoms with van der Waals surface area (Å²) in [5.41, 5.74) is 0. The second-order valence-electron chi connectivity index (χ2n) is 16.8. The molecular formula is C38H63O20+. The van der Waals surface area contributed by atoms with Crippen LogP contribution >= 0.6 is 0 Å². The Kier molecular flexibility index (Phi) is 16.0. The summed E-state index contributed by atoms with van der Waals surface area (Å²) in [6.45, 7) is -1.14. The van der Waals surface area contributed by atoms with Crippen molar-refractivity contribution in [3.63, 3.8) is 0 Å². The molecule has 334 valence electrons. The van der Waals surface area contributed by atoms with Crippen molar-refractivity contribution < 1.29 is 98.9 Å². The van der Waals surface area contributed by atoms with Crippen LogP contribution in [0.1, 0.15) is 51.4 Å². The van der Waals surface area contributed by atoms with Gasteiger partial charge in [-0.05, 0) is 44.4 Å². The molecule has 6 fully saturated rings. The van der Waals surface area contributed by atoms with Gasteiger partial charge in [-0.1, -0.05) is 6.08 Å². The molecule has 0 bridgehead atoms. The van der Waals surface area contributed by atoms with Gasteiger partial charge in [0.15, 0.2) is 24.8 Å². The Morgan fingerprint density at radius 3 is 1.90 bits per heavy atom. The number of aliphatic hydroxyl groups excluding tert-OH is 11. The van der Waals surface area contributed by atoms with E-state index in [2.05, 4.69) is 0 Å². The van der Waals surface area contributed by atoms with E-state index in [9.17, 15) is 61.0 Å². The standard InChI is InChI=1S/C38H62O20/c1-51-23-7-15(8-24(52-2)29(23)44)3-6-28(43)53-13-26-30(45)32(47)34(49)37(57-26)54-14-27-31(46)33(48)35(50)38(58-27)56-25-12-18-20(41)10-17(39)11-22(18)55-36(25)16-4-5-19(40)21(42)9-16/h3,6,15-27,29-42,44-50H,4-5,7-14H2,1-2H3/p+1/t15?,16?,17?,18?,19?,20?,21?,22?,23?,24?,25?,26-,27-,29?,30-,31+,32+,33+,34-,35-,36?,37-,38-/m1/s1. The first-order valence-electron chi connectivity index (χ1n) is 20.3. The number of rotatable bonds is 12. The topological polar surface area (TPSA) is 317 Å². The average molecular weight is 840 g/mol. The van der Waals surface area contributed by atoms with Crippen LogP contribution in [-0.4, -0.2) is 217 Å². The van der Waals surface area contributed by atoms with Crippen LogP contribution in [0.4, 0.5) is 0 Å². The highest BCUT2D eigenvalue weighted by molar-refractivity contribution is 5.81. The summed E-state index contributed by atoms with van der Waals surface area (Å²) >= 11 is 0. The first kappa shape index (κ1) is 46.0. The van der Waals surface area contributed by atoms with Crippen molar-refractivity contribution in [2.75, 3.05) is 27.4 Å². The third-order valence-corrected chi connectivity index (χ3v) is 13.0. The average Bonchev–Trinajstić information content (AvgIpc) is 3.20. The van der Waals surface area contributed by atoms with Crippen molar-refractivity contribution in [3.05, 3.63) is 12.2 Å². The maximum Gasteiger partial charge on any atom is 0.330 e. The lowest BCUT2D eigenvalue weighted by Gasteiger charge is -2.48. The van der Waals surface area contributed by atoms with Crippen LogP contribution in [0.2, 0.25) is 0 Å². The summed E-state index contributed by atoms with van der Waals surface area (Å²) in [6.07, 6.45) is -18.3. The number of fused-ring (bicyclic) bond motifs is 1. The third-order valence-electron chi connectivity index (χ3n) is 13.0. The van der Waals surface area contributed by atoms with Crippen molar-refractivity contribution in [3.8, 4) is 0 Å². The fourth-order valence-electron chi connectivity index (χ4n) is 9.49. The van der Waals surface area contributed by atoms with E-state index >= 15 is 0 Å². The molecule has 0 aromatic heterocycles. The molecule has 0 amide bonds. The van der Waals surface area contributed by atoms with Crippen LogP contribution in [0.3, 0.4) is 0 Å². The van der Waals surface area contributed by atoms with Crippen LogP contribution in [-0.2, 0) is 38.0 Å². The van der Waals surface area contributed by atoms with Gasteiger partial charge in [-0.3, -0.25) is 0 Å². The molecule has 12 N–H and O–H groups in total. The largest absolute Gasteiger partial charge is 0.460 e. The number of hydrogen-bond acceptors (Lipinski definition) is 19. The second kappa shape index (κ2) is 20.1. The van der Waals surface area contributed by atoms with E-state index in [0.29, 0.717) is 32.1 Å². The Morgan fingerprint density at radius 1 is 0.638 bits per heavy atom. The van der Waals surface area contributed by atoms with Crippen molar-refractivity contribution in [1.29, 1.82) is 0 Å². The van der Waals surface area contributed by atoms with Gasteiger partial charge < -0.3 is 94.1 Å². The molecule has 0 aromatic rings. The Hall–Kier alpha value is -1.51. The molecule has 58 heavy (non-hydrogen) atoms. The normalized spacial score (nSPS) is 50.3. The van der Waals surface area contributed by atoms with E-state index in [0.717, 1.165) is 0 Å². The summed E-state index contributed by atoms with van der Waals surface area (Å²) in [6, 6.07) is 0. The predicted molar refractivity (Wildman–Crippen MR) is 193 cm³/mol. The van der Waals surface area contributed by atoms with E-state index in [-0.39, 0.29) is 31.1 Å². The van der Waals surface area contributed by atoms with Gasteiger partial charge in [0.05, 0.1) is 49.1 Å². The molecule has 3 aliphatic heterocycles. The molecule has 11 unspecified atom stereocenters. The number of allylic oxidation sites excluding steroid dienone is 1. The molecule has 3 saturated heterocycles. The van der Waals surface area contributed by atoms with Crippen LogP contribution in [0, 0.1) is 17.8 Å². The highest BCUT2D eigenvalue weighted by Crippen LogP contribution is 2.42. The minimum Gasteiger partial charge on any atom is -0.460 e. The highest BCUT2D eigenvalue weighted by atomic mass is 16.7. The van der Waals surface area contributed by atoms with Gasteiger partial charge in [0.2, 0.25) is 0 Å². The quantitative estimate of drug-likeness (QED) is 0.0499. The number of carbonyl (C=O) groups is 1. The Morgan fingerprint density at radius 2 is 1.26 bits per heavy atom. The van der Waals surface area contributed by atoms with Crippen LogP contribution in [0.5, 0.6) is 0 Å². The lowest BCUT2D eigenvalue weighted by molar-refractivity contribution is -0.362. The van der Waals surface area contributed by atoms with Crippen LogP contribution in [0.15, 0.2) is 12.2 Å². The molecule has 20 nitrogen and oxygen atoms in total. The third kappa shape index (κ3) is 10.4. The second-order valence-corrected chi connectivity index (χ2v) is 16.8. The fourth-order valence-corrected chi connectivity index (χ4v) is 9.49. The number of aliphatic hydroxyl groups is 13. The maximum atomic E-state index is 12.6. The number of esters is 1. The summed E-state index contributed by atoms with van der Waals surface area (Å²) in [4.78, 5) is 12.6. The van der Waals surface area contributed by atoms with E-state index in [1.165, 1.54) is 20.3 Å². The zero-order valence-electron chi connectivity index (χ0n) is 32.6. The highest BCUT2D eigenvalue weighted by Gasteiger charge is 2.55. The first-order chi connectivity index (χ1) is 27.6. The molecule has 21 atom stereocenters. The molecule has 0 aromatic carbocycles. The Balaban J connectivity index is 1.06. The molecule has 0 spiro atoms. The lowest BCUT2D eigenvalue weighted by Crippen LogP contribution is -2.63. The number of methoxy groups -OCH3 is 2. The van der Waals surface area contributed by atoms with E-state index in [4.69, 9.17) is 37.9 Å². The molecule has 6 aliphatic rings. The van der Waals surface area contributed by atoms with Crippen molar-refractivity contribution >= 4 is 5.97 Å². The van der Waals surface area contributed by atoms with Crippen LogP contribution in [0.25, 0.3) is 0 Å². The zero-order chi connectivity index (χ0) is 42.0. The molecule has 20 heteroatoms. The molecule has 3 aliphatic carbocycles. The van der Waals surface area contributed by atoms with Crippen LogP contribution < -0.4 is 0 Å². The number of hydrogen-bond donors (Lipinski definition) is 11. The Bertz CT molecular complexity index is 1330. The molecular weight excluding hydrogens is 776 g/mol. The van der Waals surface area contributed by atoms with Crippen molar-refractivity contribution in [1.82, 2.24) is 0 Å². The molecule has 3 heterocycles. The van der Waals surface area contributed by atoms with Gasteiger partial charge in [0.25, 0.3) is 0 Å². The number of ether oxygens (including phenoxy) is 8. The predicted octanol–water partition coefficient (Wildman–Crippen LogP) is -4.77. The fraction of sp³-hybridized carbons (Fsp3) is 0.921. The van der Waals surface area contributed by atoms with Gasteiger partial charge in [-0.25, -0.2) is 4.79 Å². The Labute approximate surface area is 335 Å². The van der Waals surface area contributed by atoms with Gasteiger partial charge >= 0.3 is 5.97 Å². The van der Waals surface area contributed by atoms with E-state index < -0.39 is 148 Å². The van der Waals surface area contributed by atoms with E-state index in [1.807, 2.05) is 0 Å². The zero-order valence-corrected chi connectivity index (χ0v) is 32.6. The van der Waals surface area contributed by atoms with Crippen molar-refractivity contribution in [2.24, 2.45) is 17.8 Å². The summed E-state index contributed by atoms with van der Waals surface area (Å²) in [7, 11) is 2.94. The molecule has 0 radical (unpaired) electrons. The molecule has 3 saturated carbocycles. The van der Waals surface area contributed by atoms with Gasteiger partial charge in [-0.2, -0.15) is 0 Å².